The highest BCUT2D eigenvalue weighted by atomic mass is 32.2. The molecule has 0 N–H and O–H groups in total. The molecule has 1 aliphatic carbocycles. The summed E-state index contributed by atoms with van der Waals surface area (Å²) < 4.78 is 12.4. The Kier molecular flexibility index (Phi) is 2.99. The fourth-order valence-electron chi connectivity index (χ4n) is 1.93. The summed E-state index contributed by atoms with van der Waals surface area (Å²) in [6.45, 7) is 1.98. The van der Waals surface area contributed by atoms with E-state index in [9.17, 15) is 0 Å². The molecule has 9 heteroatoms. The molecule has 1 atom stereocenters. The monoisotopic (exact) mass is 304 g/mol. The van der Waals surface area contributed by atoms with Gasteiger partial charge >= 0.3 is 0 Å². The zero-order valence-electron chi connectivity index (χ0n) is 11.2. The van der Waals surface area contributed by atoms with Gasteiger partial charge in [-0.1, -0.05) is 16.9 Å². The Morgan fingerprint density at radius 3 is 3.10 bits per heavy atom. The molecule has 8 nitrogen and oxygen atoms in total. The third-order valence-electron chi connectivity index (χ3n) is 3.17. The SMILES string of the molecule is C[C@@H](Sc1nnnn1C1CC1)c1nc(-c2ccco2)no1. The van der Waals surface area contributed by atoms with Crippen LogP contribution < -0.4 is 0 Å². The van der Waals surface area contributed by atoms with Crippen molar-refractivity contribution in [2.45, 2.75) is 36.2 Å². The van der Waals surface area contributed by atoms with E-state index in [2.05, 4.69) is 25.7 Å². The number of hydrogen-bond acceptors (Lipinski definition) is 8. The molecule has 0 bridgehead atoms. The second kappa shape index (κ2) is 4.99. The van der Waals surface area contributed by atoms with E-state index in [4.69, 9.17) is 8.94 Å². The van der Waals surface area contributed by atoms with Gasteiger partial charge in [0.25, 0.3) is 0 Å². The Bertz CT molecular complexity index is 733. The van der Waals surface area contributed by atoms with Gasteiger partial charge in [0.15, 0.2) is 5.76 Å². The topological polar surface area (TPSA) is 95.7 Å². The number of nitrogens with zero attached hydrogens (tertiary/aromatic N) is 6. The van der Waals surface area contributed by atoms with Gasteiger partial charge < -0.3 is 8.94 Å². The molecule has 0 saturated heterocycles. The number of furan rings is 1. The first-order chi connectivity index (χ1) is 10.3. The first-order valence-electron chi connectivity index (χ1n) is 6.63. The van der Waals surface area contributed by atoms with Crippen molar-refractivity contribution in [3.05, 3.63) is 24.3 Å². The molecule has 21 heavy (non-hydrogen) atoms. The van der Waals surface area contributed by atoms with Gasteiger partial charge in [-0.15, -0.1) is 5.10 Å². The van der Waals surface area contributed by atoms with Crippen molar-refractivity contribution in [1.29, 1.82) is 0 Å². The van der Waals surface area contributed by atoms with E-state index in [1.807, 2.05) is 11.6 Å². The Morgan fingerprint density at radius 1 is 1.43 bits per heavy atom. The summed E-state index contributed by atoms with van der Waals surface area (Å²) in [7, 11) is 0. The van der Waals surface area contributed by atoms with Gasteiger partial charge in [-0.2, -0.15) is 4.98 Å². The molecule has 0 spiro atoms. The minimum absolute atomic E-state index is 0.0373. The first kappa shape index (κ1) is 12.6. The molecule has 3 aromatic heterocycles. The van der Waals surface area contributed by atoms with Crippen LogP contribution in [0.25, 0.3) is 11.6 Å². The van der Waals surface area contributed by atoms with Crippen LogP contribution in [-0.4, -0.2) is 30.3 Å². The molecule has 4 rings (SSSR count). The third kappa shape index (κ3) is 2.44. The van der Waals surface area contributed by atoms with Crippen LogP contribution in [0.2, 0.25) is 0 Å². The lowest BCUT2D eigenvalue weighted by molar-refractivity contribution is 0.379. The summed E-state index contributed by atoms with van der Waals surface area (Å²) in [6, 6.07) is 4.02. The van der Waals surface area contributed by atoms with Gasteiger partial charge in [0.1, 0.15) is 0 Å². The Morgan fingerprint density at radius 2 is 2.33 bits per heavy atom. The Labute approximate surface area is 123 Å². The largest absolute Gasteiger partial charge is 0.461 e. The zero-order valence-corrected chi connectivity index (χ0v) is 12.0. The van der Waals surface area contributed by atoms with Crippen LogP contribution in [0.3, 0.4) is 0 Å². The van der Waals surface area contributed by atoms with Crippen LogP contribution in [0.1, 0.15) is 36.9 Å². The van der Waals surface area contributed by atoms with Gasteiger partial charge in [0.2, 0.25) is 16.9 Å². The third-order valence-corrected chi connectivity index (χ3v) is 4.20. The van der Waals surface area contributed by atoms with Gasteiger partial charge in [-0.3, -0.25) is 0 Å². The molecule has 3 heterocycles. The fraction of sp³-hybridized carbons (Fsp3) is 0.417. The van der Waals surface area contributed by atoms with E-state index in [0.29, 0.717) is 23.5 Å². The number of tetrazole rings is 1. The fourth-order valence-corrected chi connectivity index (χ4v) is 2.82. The lowest BCUT2D eigenvalue weighted by Gasteiger charge is -2.05. The Hall–Kier alpha value is -2.16. The van der Waals surface area contributed by atoms with Crippen molar-refractivity contribution >= 4 is 11.8 Å². The quantitative estimate of drug-likeness (QED) is 0.663. The highest BCUT2D eigenvalue weighted by Crippen LogP contribution is 2.39. The van der Waals surface area contributed by atoms with Crippen LogP contribution in [0.15, 0.2) is 32.5 Å². The van der Waals surface area contributed by atoms with E-state index >= 15 is 0 Å². The van der Waals surface area contributed by atoms with Crippen LogP contribution in [0.5, 0.6) is 0 Å². The predicted octanol–water partition coefficient (Wildman–Crippen LogP) is 2.50. The van der Waals surface area contributed by atoms with Crippen LogP contribution in [0.4, 0.5) is 0 Å². The molecule has 1 fully saturated rings. The Balaban J connectivity index is 1.52. The normalized spacial score (nSPS) is 16.2. The molecule has 0 aromatic carbocycles. The van der Waals surface area contributed by atoms with Crippen molar-refractivity contribution < 1.29 is 8.94 Å². The molecule has 0 unspecified atom stereocenters. The average molecular weight is 304 g/mol. The number of thioether (sulfide) groups is 1. The molecule has 0 radical (unpaired) electrons. The van der Waals surface area contributed by atoms with Crippen LogP contribution in [0, 0.1) is 0 Å². The van der Waals surface area contributed by atoms with E-state index in [-0.39, 0.29) is 5.25 Å². The minimum Gasteiger partial charge on any atom is -0.461 e. The summed E-state index contributed by atoms with van der Waals surface area (Å²) in [6.07, 6.45) is 3.85. The highest BCUT2D eigenvalue weighted by Gasteiger charge is 2.29. The number of aromatic nitrogens is 6. The molecular formula is C12H12N6O2S. The minimum atomic E-state index is -0.0373. The molecule has 0 aliphatic heterocycles. The van der Waals surface area contributed by atoms with Crippen molar-refractivity contribution in [3.8, 4) is 11.6 Å². The number of hydrogen-bond donors (Lipinski definition) is 0. The highest BCUT2D eigenvalue weighted by molar-refractivity contribution is 7.99. The summed E-state index contributed by atoms with van der Waals surface area (Å²) in [4.78, 5) is 4.35. The van der Waals surface area contributed by atoms with Crippen LogP contribution >= 0.6 is 11.8 Å². The maximum atomic E-state index is 5.30. The number of rotatable bonds is 5. The molecule has 108 valence electrons. The van der Waals surface area contributed by atoms with Crippen LogP contribution in [-0.2, 0) is 0 Å². The van der Waals surface area contributed by atoms with Crippen molar-refractivity contribution in [2.75, 3.05) is 0 Å². The van der Waals surface area contributed by atoms with Crippen molar-refractivity contribution in [2.24, 2.45) is 0 Å². The van der Waals surface area contributed by atoms with Gasteiger partial charge in [-0.05, 0) is 42.3 Å². The maximum absolute atomic E-state index is 5.30. The molecule has 1 saturated carbocycles. The van der Waals surface area contributed by atoms with Gasteiger partial charge in [0.05, 0.1) is 17.6 Å². The summed E-state index contributed by atoms with van der Waals surface area (Å²) >= 11 is 1.51. The first-order valence-corrected chi connectivity index (χ1v) is 7.51. The summed E-state index contributed by atoms with van der Waals surface area (Å²) in [5.74, 6) is 1.56. The lowest BCUT2D eigenvalue weighted by atomic mass is 10.4. The summed E-state index contributed by atoms with van der Waals surface area (Å²) in [5.41, 5.74) is 0. The standard InChI is InChI=1S/C12H12N6O2S/c1-7(21-12-14-16-17-18(12)8-4-5-8)11-13-10(15-20-11)9-3-2-6-19-9/h2-3,6-8H,4-5H2,1H3/t7-/m1/s1. The van der Waals surface area contributed by atoms with Crippen molar-refractivity contribution in [3.63, 3.8) is 0 Å². The smallest absolute Gasteiger partial charge is 0.240 e. The second-order valence-electron chi connectivity index (χ2n) is 4.83. The van der Waals surface area contributed by atoms with E-state index in [1.54, 1.807) is 18.4 Å². The maximum Gasteiger partial charge on any atom is 0.240 e. The van der Waals surface area contributed by atoms with Gasteiger partial charge in [-0.25, -0.2) is 4.68 Å². The molecule has 1 aliphatic rings. The summed E-state index contributed by atoms with van der Waals surface area (Å²) in [5, 5.41) is 16.5. The zero-order chi connectivity index (χ0) is 14.2. The van der Waals surface area contributed by atoms with E-state index in [1.165, 1.54) is 11.8 Å². The lowest BCUT2D eigenvalue weighted by Crippen LogP contribution is -2.00. The molecule has 0 amide bonds. The van der Waals surface area contributed by atoms with Gasteiger partial charge in [0, 0.05) is 0 Å². The van der Waals surface area contributed by atoms with E-state index < -0.39 is 0 Å². The molecular weight excluding hydrogens is 292 g/mol. The van der Waals surface area contributed by atoms with Crippen molar-refractivity contribution in [1.82, 2.24) is 30.3 Å². The predicted molar refractivity (Wildman–Crippen MR) is 72.4 cm³/mol. The second-order valence-corrected chi connectivity index (χ2v) is 6.14. The molecule has 3 aromatic rings. The average Bonchev–Trinajstić information content (AvgIpc) is 2.94. The van der Waals surface area contributed by atoms with E-state index in [0.717, 1.165) is 18.0 Å².